The summed E-state index contributed by atoms with van der Waals surface area (Å²) in [5, 5.41) is 10.6. The lowest BCUT2D eigenvalue weighted by atomic mass is 9.86. The maximum Gasteiger partial charge on any atom is 0.269 e. The van der Waals surface area contributed by atoms with E-state index < -0.39 is 20.9 Å². The van der Waals surface area contributed by atoms with Crippen molar-refractivity contribution < 1.29 is 18.1 Å². The molecule has 1 aliphatic rings. The van der Waals surface area contributed by atoms with Crippen molar-refractivity contribution in [1.82, 2.24) is 4.72 Å². The van der Waals surface area contributed by atoms with E-state index in [0.29, 0.717) is 17.9 Å². The summed E-state index contributed by atoms with van der Waals surface area (Å²) in [6.45, 7) is 0. The molecule has 0 radical (unpaired) electrons. The first-order valence-electron chi connectivity index (χ1n) is 8.62. The van der Waals surface area contributed by atoms with Crippen molar-refractivity contribution in [1.29, 1.82) is 0 Å². The third-order valence-electron chi connectivity index (χ3n) is 4.51. The average molecular weight is 368 g/mol. The van der Waals surface area contributed by atoms with Crippen LogP contribution in [0, 0.1) is 16.0 Å². The van der Waals surface area contributed by atoms with Gasteiger partial charge in [-0.3, -0.25) is 19.6 Å². The van der Waals surface area contributed by atoms with E-state index in [2.05, 4.69) is 4.72 Å². The second-order valence-electron chi connectivity index (χ2n) is 6.60. The van der Waals surface area contributed by atoms with Gasteiger partial charge in [-0.25, -0.2) is 8.42 Å². The van der Waals surface area contributed by atoms with Crippen LogP contribution in [0.15, 0.2) is 24.3 Å². The van der Waals surface area contributed by atoms with Gasteiger partial charge in [-0.2, -0.15) is 0 Å². The first-order valence-corrected chi connectivity index (χ1v) is 10.3. The van der Waals surface area contributed by atoms with E-state index in [1.165, 1.54) is 56.4 Å². The number of rotatable bonds is 8. The molecule has 1 fully saturated rings. The highest BCUT2D eigenvalue weighted by atomic mass is 32.2. The Labute approximate surface area is 148 Å². The van der Waals surface area contributed by atoms with Crippen molar-refractivity contribution in [3.8, 4) is 0 Å². The van der Waals surface area contributed by atoms with Gasteiger partial charge in [0.1, 0.15) is 0 Å². The first-order chi connectivity index (χ1) is 11.9. The van der Waals surface area contributed by atoms with Crippen LogP contribution in [-0.4, -0.2) is 19.2 Å². The largest absolute Gasteiger partial charge is 0.274 e. The van der Waals surface area contributed by atoms with Crippen LogP contribution in [0.5, 0.6) is 0 Å². The predicted molar refractivity (Wildman–Crippen MR) is 94.3 cm³/mol. The van der Waals surface area contributed by atoms with Gasteiger partial charge < -0.3 is 0 Å². The standard InChI is InChI=1S/C17H24N2O5S/c20-17(8-4-7-14-5-2-1-3-6-14)18-25(23,24)13-15-9-11-16(12-10-15)19(21)22/h9-12,14H,1-8,13H2,(H,18,20). The Kier molecular flexibility index (Phi) is 6.92. The number of nitro groups is 1. The molecule has 25 heavy (non-hydrogen) atoms. The van der Waals surface area contributed by atoms with E-state index >= 15 is 0 Å². The van der Waals surface area contributed by atoms with Crippen LogP contribution in [0.1, 0.15) is 56.9 Å². The van der Waals surface area contributed by atoms with Crippen LogP contribution in [-0.2, 0) is 20.6 Å². The number of hydrogen-bond acceptors (Lipinski definition) is 5. The molecule has 0 heterocycles. The number of nitrogens with zero attached hydrogens (tertiary/aromatic N) is 1. The summed E-state index contributed by atoms with van der Waals surface area (Å²) in [5.41, 5.74) is 0.293. The van der Waals surface area contributed by atoms with E-state index in [-0.39, 0.29) is 17.9 Å². The molecule has 1 aromatic rings. The zero-order valence-corrected chi connectivity index (χ0v) is 15.0. The molecule has 0 spiro atoms. The van der Waals surface area contributed by atoms with Crippen LogP contribution in [0.3, 0.4) is 0 Å². The van der Waals surface area contributed by atoms with Gasteiger partial charge >= 0.3 is 0 Å². The smallest absolute Gasteiger partial charge is 0.269 e. The molecule has 2 rings (SSSR count). The van der Waals surface area contributed by atoms with Crippen molar-refractivity contribution in [3.63, 3.8) is 0 Å². The highest BCUT2D eigenvalue weighted by Crippen LogP contribution is 2.27. The number of hydrogen-bond donors (Lipinski definition) is 1. The molecule has 0 atom stereocenters. The number of carbonyl (C=O) groups excluding carboxylic acids is 1. The molecule has 0 saturated heterocycles. The monoisotopic (exact) mass is 368 g/mol. The number of sulfonamides is 1. The molecule has 0 bridgehead atoms. The average Bonchev–Trinajstić information content (AvgIpc) is 2.55. The van der Waals surface area contributed by atoms with Crippen molar-refractivity contribution in [2.45, 2.75) is 57.1 Å². The Hall–Kier alpha value is -1.96. The summed E-state index contributed by atoms with van der Waals surface area (Å²) < 4.78 is 26.1. The lowest BCUT2D eigenvalue weighted by Gasteiger charge is -2.21. The molecule has 0 aliphatic heterocycles. The molecule has 1 aliphatic carbocycles. The van der Waals surface area contributed by atoms with E-state index in [1.54, 1.807) is 0 Å². The van der Waals surface area contributed by atoms with Gasteiger partial charge in [0.2, 0.25) is 15.9 Å². The van der Waals surface area contributed by atoms with Gasteiger partial charge in [0, 0.05) is 18.6 Å². The van der Waals surface area contributed by atoms with Gasteiger partial charge in [0.25, 0.3) is 5.69 Å². The van der Waals surface area contributed by atoms with E-state index in [4.69, 9.17) is 0 Å². The van der Waals surface area contributed by atoms with Crippen LogP contribution in [0.4, 0.5) is 5.69 Å². The molecule has 0 aromatic heterocycles. The number of amides is 1. The Bertz CT molecular complexity index is 694. The highest BCUT2D eigenvalue weighted by Gasteiger charge is 2.18. The van der Waals surface area contributed by atoms with E-state index in [0.717, 1.165) is 6.42 Å². The summed E-state index contributed by atoms with van der Waals surface area (Å²) in [7, 11) is -3.79. The summed E-state index contributed by atoms with van der Waals surface area (Å²) in [6.07, 6.45) is 8.08. The lowest BCUT2D eigenvalue weighted by molar-refractivity contribution is -0.384. The predicted octanol–water partition coefficient (Wildman–Crippen LogP) is 3.29. The van der Waals surface area contributed by atoms with Crippen molar-refractivity contribution >= 4 is 21.6 Å². The number of benzene rings is 1. The molecular formula is C17H24N2O5S. The Morgan fingerprint density at radius 1 is 1.16 bits per heavy atom. The van der Waals surface area contributed by atoms with E-state index in [9.17, 15) is 23.3 Å². The SMILES string of the molecule is O=C(CCCC1CCCCC1)NS(=O)(=O)Cc1ccc([N+](=O)[O-])cc1. The van der Waals surface area contributed by atoms with Crippen molar-refractivity contribution in [2.75, 3.05) is 0 Å². The van der Waals surface area contributed by atoms with Crippen molar-refractivity contribution in [3.05, 3.63) is 39.9 Å². The third-order valence-corrected chi connectivity index (χ3v) is 5.77. The van der Waals surface area contributed by atoms with Crippen LogP contribution in [0.25, 0.3) is 0 Å². The molecule has 1 saturated carbocycles. The summed E-state index contributed by atoms with van der Waals surface area (Å²) >= 11 is 0. The topological polar surface area (TPSA) is 106 Å². The minimum atomic E-state index is -3.79. The molecule has 8 heteroatoms. The quantitative estimate of drug-likeness (QED) is 0.560. The molecular weight excluding hydrogens is 344 g/mol. The van der Waals surface area contributed by atoms with Crippen LogP contribution in [0.2, 0.25) is 0 Å². The maximum atomic E-state index is 12.0. The Morgan fingerprint density at radius 3 is 2.40 bits per heavy atom. The minimum Gasteiger partial charge on any atom is -0.274 e. The zero-order valence-electron chi connectivity index (χ0n) is 14.1. The lowest BCUT2D eigenvalue weighted by Crippen LogP contribution is -2.31. The fourth-order valence-electron chi connectivity index (χ4n) is 3.22. The Balaban J connectivity index is 1.77. The summed E-state index contributed by atoms with van der Waals surface area (Å²) in [5.74, 6) is -0.199. The van der Waals surface area contributed by atoms with Gasteiger partial charge in [0.15, 0.2) is 0 Å². The Morgan fingerprint density at radius 2 is 1.80 bits per heavy atom. The fraction of sp³-hybridized carbons (Fsp3) is 0.588. The van der Waals surface area contributed by atoms with Crippen LogP contribution < -0.4 is 4.72 Å². The van der Waals surface area contributed by atoms with Gasteiger partial charge in [-0.05, 0) is 24.3 Å². The van der Waals surface area contributed by atoms with Gasteiger partial charge in [0.05, 0.1) is 10.7 Å². The minimum absolute atomic E-state index is 0.104. The zero-order chi connectivity index (χ0) is 18.3. The molecule has 7 nitrogen and oxygen atoms in total. The van der Waals surface area contributed by atoms with Gasteiger partial charge in [-0.15, -0.1) is 0 Å². The normalized spacial score (nSPS) is 15.7. The molecule has 1 N–H and O–H groups in total. The number of nitro benzene ring substituents is 1. The molecule has 1 amide bonds. The second kappa shape index (κ2) is 8.94. The van der Waals surface area contributed by atoms with Crippen molar-refractivity contribution in [2.24, 2.45) is 5.92 Å². The van der Waals surface area contributed by atoms with Gasteiger partial charge in [-0.1, -0.05) is 44.2 Å². The number of carbonyl (C=O) groups is 1. The third kappa shape index (κ3) is 6.81. The summed E-state index contributed by atoms with van der Waals surface area (Å²) in [4.78, 5) is 21.9. The fourth-order valence-corrected chi connectivity index (χ4v) is 4.37. The molecule has 1 aromatic carbocycles. The number of nitrogens with one attached hydrogen (secondary N) is 1. The highest BCUT2D eigenvalue weighted by molar-refractivity contribution is 7.89. The summed E-state index contributed by atoms with van der Waals surface area (Å²) in [6, 6.07) is 5.25. The first kappa shape index (κ1) is 19.4. The maximum absolute atomic E-state index is 12.0. The van der Waals surface area contributed by atoms with E-state index in [1.807, 2.05) is 0 Å². The van der Waals surface area contributed by atoms with Crippen LogP contribution >= 0.6 is 0 Å². The number of non-ortho nitro benzene ring substituents is 1. The molecule has 0 unspecified atom stereocenters. The second-order valence-corrected chi connectivity index (χ2v) is 8.33. The molecule has 138 valence electrons.